The highest BCUT2D eigenvalue weighted by atomic mass is 16.5. The van der Waals surface area contributed by atoms with Crippen LogP contribution in [0.25, 0.3) is 10.9 Å². The Labute approximate surface area is 227 Å². The number of aryl methyl sites for hydroxylation is 1. The average Bonchev–Trinajstić information content (AvgIpc) is 3.34. The van der Waals surface area contributed by atoms with Gasteiger partial charge in [-0.05, 0) is 60.4 Å². The molecule has 6 N–H and O–H groups in total. The number of para-hydroxylation sites is 2. The van der Waals surface area contributed by atoms with Gasteiger partial charge in [0.2, 0.25) is 5.91 Å². The molecule has 0 bridgehead atoms. The molecule has 1 unspecified atom stereocenters. The molecule has 1 heterocycles. The molecule has 9 heteroatoms. The molecule has 4 rings (SSSR count). The molecule has 202 valence electrons. The van der Waals surface area contributed by atoms with Crippen molar-refractivity contribution < 1.29 is 14.3 Å². The number of amides is 2. The summed E-state index contributed by atoms with van der Waals surface area (Å²) in [5, 5.41) is 4.07. The topological polar surface area (TPSA) is 139 Å². The normalized spacial score (nSPS) is 11.5. The third-order valence-electron chi connectivity index (χ3n) is 6.61. The largest absolute Gasteiger partial charge is 0.497 e. The molecular weight excluding hydrogens is 492 g/mol. The summed E-state index contributed by atoms with van der Waals surface area (Å²) < 4.78 is 5.38. The minimum atomic E-state index is -0.895. The van der Waals surface area contributed by atoms with Gasteiger partial charge in [0.05, 0.1) is 13.7 Å². The van der Waals surface area contributed by atoms with E-state index in [2.05, 4.69) is 15.3 Å². The molecule has 3 aromatic carbocycles. The maximum atomic E-state index is 13.9. The van der Waals surface area contributed by atoms with Crippen LogP contribution in [0.4, 0.5) is 5.69 Å². The first-order valence-electron chi connectivity index (χ1n) is 12.8. The smallest absolute Gasteiger partial charge is 0.251 e. The number of methoxy groups -OCH3 is 1. The third-order valence-corrected chi connectivity index (χ3v) is 6.61. The van der Waals surface area contributed by atoms with Gasteiger partial charge in [-0.3, -0.25) is 14.6 Å². The Morgan fingerprint density at radius 1 is 1.05 bits per heavy atom. The Bertz CT molecular complexity index is 1460. The van der Waals surface area contributed by atoms with Gasteiger partial charge in [0.25, 0.3) is 5.91 Å². The highest BCUT2D eigenvalue weighted by molar-refractivity contribution is 5.98. The zero-order valence-electron chi connectivity index (χ0n) is 22.2. The molecule has 0 aliphatic carbocycles. The fourth-order valence-corrected chi connectivity index (χ4v) is 4.67. The Hall–Kier alpha value is -4.79. The van der Waals surface area contributed by atoms with Gasteiger partial charge in [-0.25, -0.2) is 0 Å². The number of nitrogens with two attached hydrogens (primary N) is 2. The molecule has 4 aromatic rings. The summed E-state index contributed by atoms with van der Waals surface area (Å²) in [6.07, 6.45) is 2.54. The predicted octanol–water partition coefficient (Wildman–Crippen LogP) is 3.90. The zero-order valence-corrected chi connectivity index (χ0v) is 22.2. The number of hydrogen-bond donors (Lipinski definition) is 4. The molecule has 0 saturated carbocycles. The van der Waals surface area contributed by atoms with Crippen LogP contribution in [0.3, 0.4) is 0 Å². The number of hydrogen-bond acceptors (Lipinski definition) is 4. The van der Waals surface area contributed by atoms with Crippen molar-refractivity contribution in [2.24, 2.45) is 16.5 Å². The highest BCUT2D eigenvalue weighted by Gasteiger charge is 2.32. The summed E-state index contributed by atoms with van der Waals surface area (Å²) in [7, 11) is 1.59. The van der Waals surface area contributed by atoms with Gasteiger partial charge in [0.15, 0.2) is 5.96 Å². The lowest BCUT2D eigenvalue weighted by atomic mass is 9.97. The first-order valence-corrected chi connectivity index (χ1v) is 12.8. The molecule has 0 fully saturated rings. The SMILES string of the molecule is COc1ccc(C(C(=O)Nc2ccccc2)N(CCc2c[nH]c3ccccc23)C(=O)CCN=C(N)N)c(C)c1. The van der Waals surface area contributed by atoms with E-state index in [1.54, 1.807) is 18.1 Å². The number of aliphatic imine (C=N–C) groups is 1. The molecule has 0 aliphatic heterocycles. The van der Waals surface area contributed by atoms with Crippen LogP contribution < -0.4 is 21.5 Å². The second-order valence-electron chi connectivity index (χ2n) is 9.23. The van der Waals surface area contributed by atoms with E-state index in [0.717, 1.165) is 22.0 Å². The number of fused-ring (bicyclic) bond motifs is 1. The van der Waals surface area contributed by atoms with Crippen LogP contribution in [0.5, 0.6) is 5.75 Å². The van der Waals surface area contributed by atoms with Gasteiger partial charge in [-0.15, -0.1) is 0 Å². The molecular formula is C30H34N6O3. The van der Waals surface area contributed by atoms with E-state index >= 15 is 0 Å². The van der Waals surface area contributed by atoms with Crippen molar-refractivity contribution in [3.8, 4) is 5.75 Å². The molecule has 1 atom stereocenters. The summed E-state index contributed by atoms with van der Waals surface area (Å²) in [5.41, 5.74) is 15.2. The third kappa shape index (κ3) is 6.75. The summed E-state index contributed by atoms with van der Waals surface area (Å²) in [4.78, 5) is 36.5. The lowest BCUT2D eigenvalue weighted by Crippen LogP contribution is -2.43. The summed E-state index contributed by atoms with van der Waals surface area (Å²) in [6.45, 7) is 2.34. The van der Waals surface area contributed by atoms with Gasteiger partial charge in [-0.1, -0.05) is 42.5 Å². The van der Waals surface area contributed by atoms with Crippen molar-refractivity contribution in [2.75, 3.05) is 25.5 Å². The van der Waals surface area contributed by atoms with Crippen LogP contribution in [0.1, 0.15) is 29.2 Å². The number of benzene rings is 3. The maximum Gasteiger partial charge on any atom is 0.251 e. The van der Waals surface area contributed by atoms with Crippen molar-refractivity contribution in [3.63, 3.8) is 0 Å². The summed E-state index contributed by atoms with van der Waals surface area (Å²) >= 11 is 0. The van der Waals surface area contributed by atoms with Gasteiger partial charge in [0, 0.05) is 35.8 Å². The fourth-order valence-electron chi connectivity index (χ4n) is 4.67. The average molecular weight is 527 g/mol. The first kappa shape index (κ1) is 27.3. The Balaban J connectivity index is 1.72. The fraction of sp³-hybridized carbons (Fsp3) is 0.233. The predicted molar refractivity (Wildman–Crippen MR) is 155 cm³/mol. The van der Waals surface area contributed by atoms with Crippen molar-refractivity contribution in [2.45, 2.75) is 25.8 Å². The van der Waals surface area contributed by atoms with Crippen LogP contribution in [0, 0.1) is 6.92 Å². The van der Waals surface area contributed by atoms with Crippen LogP contribution in [-0.2, 0) is 16.0 Å². The molecule has 2 amide bonds. The molecule has 0 radical (unpaired) electrons. The lowest BCUT2D eigenvalue weighted by molar-refractivity contribution is -0.138. The summed E-state index contributed by atoms with van der Waals surface area (Å²) in [6, 6.07) is 21.8. The molecule has 0 spiro atoms. The molecule has 0 aliphatic rings. The van der Waals surface area contributed by atoms with E-state index in [0.29, 0.717) is 30.0 Å². The monoisotopic (exact) mass is 526 g/mol. The van der Waals surface area contributed by atoms with Crippen LogP contribution in [-0.4, -0.2) is 47.9 Å². The van der Waals surface area contributed by atoms with E-state index in [-0.39, 0.29) is 30.7 Å². The number of nitrogens with zero attached hydrogens (tertiary/aromatic N) is 2. The number of H-pyrrole nitrogens is 1. The van der Waals surface area contributed by atoms with E-state index < -0.39 is 6.04 Å². The number of anilines is 1. The number of aromatic amines is 1. The van der Waals surface area contributed by atoms with E-state index in [1.165, 1.54) is 0 Å². The maximum absolute atomic E-state index is 13.9. The minimum Gasteiger partial charge on any atom is -0.497 e. The highest BCUT2D eigenvalue weighted by Crippen LogP contribution is 2.30. The zero-order chi connectivity index (χ0) is 27.8. The molecule has 39 heavy (non-hydrogen) atoms. The van der Waals surface area contributed by atoms with Crippen LogP contribution in [0.2, 0.25) is 0 Å². The first-order chi connectivity index (χ1) is 18.9. The second kappa shape index (κ2) is 12.6. The molecule has 1 aromatic heterocycles. The minimum absolute atomic E-state index is 0.0517. The number of carbonyl (C=O) groups is 2. The van der Waals surface area contributed by atoms with Gasteiger partial charge in [0.1, 0.15) is 11.8 Å². The Morgan fingerprint density at radius 3 is 2.51 bits per heavy atom. The number of nitrogens with one attached hydrogen (secondary N) is 2. The van der Waals surface area contributed by atoms with E-state index in [9.17, 15) is 9.59 Å². The number of carbonyl (C=O) groups excluding carboxylic acids is 2. The number of guanidine groups is 1. The van der Waals surface area contributed by atoms with E-state index in [4.69, 9.17) is 16.2 Å². The number of ether oxygens (including phenoxy) is 1. The van der Waals surface area contributed by atoms with Gasteiger partial charge in [-0.2, -0.15) is 0 Å². The van der Waals surface area contributed by atoms with E-state index in [1.807, 2.05) is 79.9 Å². The van der Waals surface area contributed by atoms with Crippen molar-refractivity contribution >= 4 is 34.4 Å². The Morgan fingerprint density at radius 2 is 1.79 bits per heavy atom. The van der Waals surface area contributed by atoms with Crippen molar-refractivity contribution in [1.82, 2.24) is 9.88 Å². The standard InChI is InChI=1S/C30H34N6O3/c1-20-18-23(39-2)12-13-24(20)28(29(38)35-22-8-4-3-5-9-22)36(27(37)14-16-33-30(31)32)17-15-21-19-34-26-11-7-6-10-25(21)26/h3-13,18-19,28,34H,14-17H2,1-2H3,(H,35,38)(H4,31,32,33). The summed E-state index contributed by atoms with van der Waals surface area (Å²) in [5.74, 6) is 0.0345. The molecule has 0 saturated heterocycles. The Kier molecular flexibility index (Phi) is 8.83. The van der Waals surface area contributed by atoms with Gasteiger partial charge >= 0.3 is 0 Å². The molecule has 9 nitrogen and oxygen atoms in total. The second-order valence-corrected chi connectivity index (χ2v) is 9.23. The van der Waals surface area contributed by atoms with Crippen LogP contribution in [0.15, 0.2) is 84.0 Å². The van der Waals surface area contributed by atoms with Crippen LogP contribution >= 0.6 is 0 Å². The lowest BCUT2D eigenvalue weighted by Gasteiger charge is -2.32. The quantitative estimate of drug-likeness (QED) is 0.173. The van der Waals surface area contributed by atoms with Crippen molar-refractivity contribution in [1.29, 1.82) is 0 Å². The van der Waals surface area contributed by atoms with Crippen molar-refractivity contribution in [3.05, 3.63) is 95.7 Å². The number of rotatable bonds is 11. The van der Waals surface area contributed by atoms with Gasteiger partial charge < -0.3 is 31.4 Å². The number of aromatic nitrogens is 1.